The fourth-order valence-corrected chi connectivity index (χ4v) is 2.87. The summed E-state index contributed by atoms with van der Waals surface area (Å²) in [5.74, 6) is -0.846. The van der Waals surface area contributed by atoms with Crippen molar-refractivity contribution in [2.75, 3.05) is 0 Å². The number of allylic oxidation sites excluding steroid dienone is 2. The Labute approximate surface area is 114 Å². The van der Waals surface area contributed by atoms with Crippen molar-refractivity contribution in [3.05, 3.63) is 22.3 Å². The normalized spacial score (nSPS) is 20.5. The number of rotatable bonds is 2. The minimum Gasteiger partial charge on any atom is -0.386 e. The Bertz CT molecular complexity index is 413. The molecule has 0 atom stereocenters. The highest BCUT2D eigenvalue weighted by molar-refractivity contribution is 6.02. The van der Waals surface area contributed by atoms with Gasteiger partial charge in [0.25, 0.3) is 0 Å². The van der Waals surface area contributed by atoms with Gasteiger partial charge in [0.05, 0.1) is 0 Å². The first kappa shape index (κ1) is 14.0. The number of carbonyl (C=O) groups excluding carboxylic acids is 2. The van der Waals surface area contributed by atoms with Crippen molar-refractivity contribution < 1.29 is 14.3 Å². The first-order valence-corrected chi connectivity index (χ1v) is 7.23. The summed E-state index contributed by atoms with van der Waals surface area (Å²) in [5, 5.41) is 0. The molecule has 0 aliphatic heterocycles. The van der Waals surface area contributed by atoms with Crippen molar-refractivity contribution >= 4 is 11.9 Å². The van der Waals surface area contributed by atoms with Gasteiger partial charge in [0.1, 0.15) is 0 Å². The van der Waals surface area contributed by atoms with E-state index in [1.54, 1.807) is 0 Å². The molecule has 0 radical (unpaired) electrons. The van der Waals surface area contributed by atoms with Gasteiger partial charge >= 0.3 is 11.9 Å². The van der Waals surface area contributed by atoms with E-state index in [1.807, 2.05) is 13.8 Å². The van der Waals surface area contributed by atoms with E-state index in [0.29, 0.717) is 11.1 Å². The highest BCUT2D eigenvalue weighted by atomic mass is 16.6. The summed E-state index contributed by atoms with van der Waals surface area (Å²) in [6.45, 7) is 3.93. The van der Waals surface area contributed by atoms with Crippen LogP contribution in [0.1, 0.15) is 65.2 Å². The first-order valence-electron chi connectivity index (χ1n) is 7.23. The molecule has 2 aliphatic carbocycles. The molecule has 3 nitrogen and oxygen atoms in total. The standard InChI is InChI=1S/C16H22O3/c1-11-7-3-5-9-13(11)15(17)19-16(18)14-10-6-4-8-12(14)2/h3-10H2,1-2H3. The van der Waals surface area contributed by atoms with E-state index in [9.17, 15) is 9.59 Å². The molecule has 0 N–H and O–H groups in total. The maximum Gasteiger partial charge on any atom is 0.341 e. The SMILES string of the molecule is CC1=C(C(=O)OC(=O)C2=C(C)CCCC2)CCCC1. The number of hydrogen-bond acceptors (Lipinski definition) is 3. The Morgan fingerprint density at radius 2 is 1.11 bits per heavy atom. The summed E-state index contributed by atoms with van der Waals surface area (Å²) in [4.78, 5) is 24.1. The lowest BCUT2D eigenvalue weighted by Crippen LogP contribution is -2.20. The molecule has 0 amide bonds. The average Bonchev–Trinajstić information content (AvgIpc) is 2.39. The molecule has 0 unspecified atom stereocenters. The van der Waals surface area contributed by atoms with Crippen LogP contribution in [0, 0.1) is 0 Å². The van der Waals surface area contributed by atoms with Crippen molar-refractivity contribution in [1.29, 1.82) is 0 Å². The molecular formula is C16H22O3. The molecule has 0 fully saturated rings. The summed E-state index contributed by atoms with van der Waals surface area (Å²) in [6, 6.07) is 0. The Morgan fingerprint density at radius 1 is 0.737 bits per heavy atom. The van der Waals surface area contributed by atoms with Gasteiger partial charge in [0.15, 0.2) is 0 Å². The van der Waals surface area contributed by atoms with Crippen molar-refractivity contribution in [1.82, 2.24) is 0 Å². The Balaban J connectivity index is 2.05. The number of hydrogen-bond donors (Lipinski definition) is 0. The highest BCUT2D eigenvalue weighted by Crippen LogP contribution is 2.28. The second kappa shape index (κ2) is 6.18. The van der Waals surface area contributed by atoms with Crippen LogP contribution in [0.15, 0.2) is 22.3 Å². The van der Waals surface area contributed by atoms with Crippen LogP contribution in [-0.4, -0.2) is 11.9 Å². The Hall–Kier alpha value is -1.38. The Morgan fingerprint density at radius 3 is 1.47 bits per heavy atom. The van der Waals surface area contributed by atoms with Gasteiger partial charge in [0, 0.05) is 11.1 Å². The molecule has 0 spiro atoms. The third kappa shape index (κ3) is 3.34. The smallest absolute Gasteiger partial charge is 0.341 e. The average molecular weight is 262 g/mol. The molecule has 0 aromatic rings. The van der Waals surface area contributed by atoms with Gasteiger partial charge in [-0.25, -0.2) is 9.59 Å². The zero-order valence-electron chi connectivity index (χ0n) is 11.9. The van der Waals surface area contributed by atoms with E-state index < -0.39 is 11.9 Å². The monoisotopic (exact) mass is 262 g/mol. The summed E-state index contributed by atoms with van der Waals surface area (Å²) < 4.78 is 5.08. The molecule has 0 bridgehead atoms. The van der Waals surface area contributed by atoms with Gasteiger partial charge in [-0.1, -0.05) is 11.1 Å². The molecule has 2 aliphatic rings. The molecule has 2 rings (SSSR count). The van der Waals surface area contributed by atoms with E-state index in [2.05, 4.69) is 0 Å². The third-order valence-corrected chi connectivity index (χ3v) is 4.17. The molecule has 0 saturated carbocycles. The van der Waals surface area contributed by atoms with Gasteiger partial charge in [-0.2, -0.15) is 0 Å². The number of carbonyl (C=O) groups is 2. The van der Waals surface area contributed by atoms with E-state index in [0.717, 1.165) is 62.5 Å². The van der Waals surface area contributed by atoms with Crippen LogP contribution in [0.3, 0.4) is 0 Å². The fraction of sp³-hybridized carbons (Fsp3) is 0.625. The second-order valence-electron chi connectivity index (χ2n) is 5.61. The van der Waals surface area contributed by atoms with Crippen LogP contribution >= 0.6 is 0 Å². The summed E-state index contributed by atoms with van der Waals surface area (Å²) in [6.07, 6.45) is 7.66. The van der Waals surface area contributed by atoms with Gasteiger partial charge in [-0.05, 0) is 65.2 Å². The van der Waals surface area contributed by atoms with Gasteiger partial charge in [-0.3, -0.25) is 0 Å². The van der Waals surface area contributed by atoms with Gasteiger partial charge in [0.2, 0.25) is 0 Å². The maximum absolute atomic E-state index is 12.0. The van der Waals surface area contributed by atoms with Crippen LogP contribution in [0.2, 0.25) is 0 Å². The molecule has 3 heteroatoms. The van der Waals surface area contributed by atoms with E-state index in [1.165, 1.54) is 0 Å². The third-order valence-electron chi connectivity index (χ3n) is 4.17. The zero-order chi connectivity index (χ0) is 13.8. The van der Waals surface area contributed by atoms with Crippen molar-refractivity contribution in [2.24, 2.45) is 0 Å². The van der Waals surface area contributed by atoms with Crippen molar-refractivity contribution in [3.63, 3.8) is 0 Å². The lowest BCUT2D eigenvalue weighted by Gasteiger charge is -2.18. The lowest BCUT2D eigenvalue weighted by molar-refractivity contribution is -0.154. The summed E-state index contributed by atoms with van der Waals surface area (Å²) in [5.41, 5.74) is 3.60. The summed E-state index contributed by atoms with van der Waals surface area (Å²) >= 11 is 0. The summed E-state index contributed by atoms with van der Waals surface area (Å²) in [7, 11) is 0. The predicted octanol–water partition coefficient (Wildman–Crippen LogP) is 3.84. The number of ether oxygens (including phenoxy) is 1. The largest absolute Gasteiger partial charge is 0.386 e. The number of esters is 2. The van der Waals surface area contributed by atoms with Gasteiger partial charge < -0.3 is 4.74 Å². The van der Waals surface area contributed by atoms with Crippen LogP contribution in [-0.2, 0) is 14.3 Å². The molecule has 0 aromatic carbocycles. The molecule has 0 saturated heterocycles. The molecular weight excluding hydrogens is 240 g/mol. The fourth-order valence-electron chi connectivity index (χ4n) is 2.87. The highest BCUT2D eigenvalue weighted by Gasteiger charge is 2.24. The topological polar surface area (TPSA) is 43.4 Å². The van der Waals surface area contributed by atoms with Crippen LogP contribution < -0.4 is 0 Å². The predicted molar refractivity (Wildman–Crippen MR) is 73.4 cm³/mol. The van der Waals surface area contributed by atoms with E-state index >= 15 is 0 Å². The second-order valence-corrected chi connectivity index (χ2v) is 5.61. The van der Waals surface area contributed by atoms with Crippen LogP contribution in [0.4, 0.5) is 0 Å². The first-order chi connectivity index (χ1) is 9.09. The molecule has 19 heavy (non-hydrogen) atoms. The van der Waals surface area contributed by atoms with E-state index in [-0.39, 0.29) is 0 Å². The molecule has 0 aromatic heterocycles. The van der Waals surface area contributed by atoms with Crippen LogP contribution in [0.5, 0.6) is 0 Å². The van der Waals surface area contributed by atoms with Crippen molar-refractivity contribution in [2.45, 2.75) is 65.2 Å². The lowest BCUT2D eigenvalue weighted by atomic mass is 9.92. The van der Waals surface area contributed by atoms with Gasteiger partial charge in [-0.15, -0.1) is 0 Å². The molecule has 104 valence electrons. The minimum absolute atomic E-state index is 0.423. The van der Waals surface area contributed by atoms with Crippen molar-refractivity contribution in [3.8, 4) is 0 Å². The Kier molecular flexibility index (Phi) is 4.56. The zero-order valence-corrected chi connectivity index (χ0v) is 11.9. The van der Waals surface area contributed by atoms with E-state index in [4.69, 9.17) is 4.74 Å². The minimum atomic E-state index is -0.423. The quantitative estimate of drug-likeness (QED) is 0.561. The van der Waals surface area contributed by atoms with Crippen LogP contribution in [0.25, 0.3) is 0 Å². The maximum atomic E-state index is 12.0. The molecule has 0 heterocycles.